The van der Waals surface area contributed by atoms with Gasteiger partial charge in [0.05, 0.1) is 0 Å². The molecule has 0 amide bonds. The highest BCUT2D eigenvalue weighted by Gasteiger charge is 2.08. The first-order valence-corrected chi connectivity index (χ1v) is 15.4. The van der Waals surface area contributed by atoms with Crippen LogP contribution >= 0.6 is 83.5 Å². The summed E-state index contributed by atoms with van der Waals surface area (Å²) in [5.41, 5.74) is 6.14. The van der Waals surface area contributed by atoms with Crippen molar-refractivity contribution in [2.45, 2.75) is 0 Å². The van der Waals surface area contributed by atoms with E-state index in [9.17, 15) is 0 Å². The molecule has 3 aromatic carbocycles. The first kappa shape index (κ1) is 22.2. The van der Waals surface area contributed by atoms with E-state index in [1.165, 1.54) is 17.9 Å². The summed E-state index contributed by atoms with van der Waals surface area (Å²) in [4.78, 5) is 0. The maximum Gasteiger partial charge on any atom is 0.0418 e. The van der Waals surface area contributed by atoms with E-state index in [0.717, 1.165) is 33.4 Å². The molecule has 0 nitrogen and oxygen atoms in total. The average molecular weight is 663 g/mol. The van der Waals surface area contributed by atoms with Gasteiger partial charge in [0.1, 0.15) is 0 Å². The van der Waals surface area contributed by atoms with E-state index < -0.39 is 0 Å². The number of hydrogen-bond acceptors (Lipinski definition) is 2. The van der Waals surface area contributed by atoms with Crippen LogP contribution in [-0.4, -0.2) is 0 Å². The highest BCUT2D eigenvalue weighted by atomic mass is 127. The molecule has 0 spiro atoms. The Morgan fingerprint density at radius 2 is 1.00 bits per heavy atom. The van der Waals surface area contributed by atoms with Gasteiger partial charge >= 0.3 is 0 Å². The standard InChI is InChI=1S/C22H10Cl2I2S2/c23-19-5-7-21(17(13-19)9-11-27-25)15-1-2-16(4-3-15)22-8-6-20(24)14-18(22)10-12-28-26/h1-8,13-14H. The molecule has 0 fully saturated rings. The maximum absolute atomic E-state index is 6.16. The lowest BCUT2D eigenvalue weighted by Crippen LogP contribution is -1.87. The summed E-state index contributed by atoms with van der Waals surface area (Å²) in [6.07, 6.45) is 0. The second-order valence-electron chi connectivity index (χ2n) is 5.57. The molecule has 3 rings (SSSR count). The van der Waals surface area contributed by atoms with Gasteiger partial charge in [0.15, 0.2) is 0 Å². The lowest BCUT2D eigenvalue weighted by molar-refractivity contribution is 1.55. The lowest BCUT2D eigenvalue weighted by atomic mass is 9.95. The van der Waals surface area contributed by atoms with Gasteiger partial charge in [0.25, 0.3) is 0 Å². The minimum absolute atomic E-state index is 0.681. The molecular formula is C22H10Cl2I2S2. The third-order valence-electron chi connectivity index (χ3n) is 3.92. The molecule has 0 unspecified atom stereocenters. The first-order valence-electron chi connectivity index (χ1n) is 7.89. The van der Waals surface area contributed by atoms with Crippen molar-refractivity contribution in [2.24, 2.45) is 0 Å². The van der Waals surface area contributed by atoms with E-state index in [0.29, 0.717) is 10.0 Å². The van der Waals surface area contributed by atoms with Crippen LogP contribution in [0.5, 0.6) is 0 Å². The van der Waals surface area contributed by atoms with Gasteiger partial charge in [-0.05, 0) is 74.9 Å². The highest BCUT2D eigenvalue weighted by Crippen LogP contribution is 2.31. The summed E-state index contributed by atoms with van der Waals surface area (Å²) < 4.78 is 0. The number of hydrogen-bond donors (Lipinski definition) is 0. The van der Waals surface area contributed by atoms with E-state index in [2.05, 4.69) is 89.0 Å². The van der Waals surface area contributed by atoms with Crippen LogP contribution in [0, 0.1) is 22.3 Å². The zero-order valence-corrected chi connectivity index (χ0v) is 21.6. The van der Waals surface area contributed by atoms with Crippen LogP contribution in [0.4, 0.5) is 0 Å². The van der Waals surface area contributed by atoms with Crippen molar-refractivity contribution in [3.8, 4) is 44.6 Å². The zero-order valence-electron chi connectivity index (χ0n) is 14.1. The van der Waals surface area contributed by atoms with Gasteiger partial charge in [-0.15, -0.1) is 0 Å². The predicted octanol–water partition coefficient (Wildman–Crippen LogP) is 9.11. The maximum atomic E-state index is 6.16. The molecule has 138 valence electrons. The van der Waals surface area contributed by atoms with Crippen LogP contribution in [0.25, 0.3) is 22.3 Å². The molecule has 0 aliphatic carbocycles. The Balaban J connectivity index is 2.02. The summed E-state index contributed by atoms with van der Waals surface area (Å²) in [6, 6.07) is 20.0. The minimum atomic E-state index is 0.681. The SMILES string of the molecule is Clc1ccc(-c2ccc(-c3ccc(Cl)cc3C#CSI)cc2)c(C#CSI)c1. The van der Waals surface area contributed by atoms with E-state index in [-0.39, 0.29) is 0 Å². The summed E-state index contributed by atoms with van der Waals surface area (Å²) in [7, 11) is 2.91. The van der Waals surface area contributed by atoms with E-state index in [1.54, 1.807) is 0 Å². The first-order chi connectivity index (χ1) is 13.6. The molecule has 0 N–H and O–H groups in total. The molecule has 0 aliphatic rings. The number of rotatable bonds is 2. The third-order valence-corrected chi connectivity index (χ3v) is 6.07. The normalized spacial score (nSPS) is 9.86. The van der Waals surface area contributed by atoms with Crippen molar-refractivity contribution in [1.29, 1.82) is 0 Å². The predicted molar refractivity (Wildman–Crippen MR) is 144 cm³/mol. The van der Waals surface area contributed by atoms with Gasteiger partial charge in [-0.2, -0.15) is 0 Å². The molecule has 6 heteroatoms. The lowest BCUT2D eigenvalue weighted by Gasteiger charge is -2.09. The molecule has 0 radical (unpaired) electrons. The molecule has 0 bridgehead atoms. The van der Waals surface area contributed by atoms with Crippen LogP contribution in [-0.2, 0) is 0 Å². The molecule has 0 atom stereocenters. The van der Waals surface area contributed by atoms with Crippen molar-refractivity contribution < 1.29 is 0 Å². The Labute approximate surface area is 207 Å². The van der Waals surface area contributed by atoms with Crippen LogP contribution in [0.2, 0.25) is 10.0 Å². The van der Waals surface area contributed by atoms with Crippen LogP contribution in [0.3, 0.4) is 0 Å². The summed E-state index contributed by atoms with van der Waals surface area (Å²) in [5.74, 6) is 6.34. The van der Waals surface area contributed by atoms with Crippen molar-refractivity contribution in [1.82, 2.24) is 0 Å². The molecule has 0 aliphatic heterocycles. The molecular weight excluding hydrogens is 653 g/mol. The summed E-state index contributed by atoms with van der Waals surface area (Å²) in [6.45, 7) is 0. The average Bonchev–Trinajstić information content (AvgIpc) is 2.71. The molecule has 0 aromatic heterocycles. The fourth-order valence-electron chi connectivity index (χ4n) is 2.72. The van der Waals surface area contributed by atoms with Gasteiger partial charge in [-0.3, -0.25) is 0 Å². The van der Waals surface area contributed by atoms with Crippen LogP contribution in [0.15, 0.2) is 60.7 Å². The Kier molecular flexibility index (Phi) is 8.77. The molecule has 0 saturated heterocycles. The van der Waals surface area contributed by atoms with E-state index in [4.69, 9.17) is 23.2 Å². The van der Waals surface area contributed by atoms with Gasteiger partial charge in [-0.25, -0.2) is 0 Å². The van der Waals surface area contributed by atoms with Gasteiger partial charge in [-0.1, -0.05) is 71.4 Å². The van der Waals surface area contributed by atoms with Crippen molar-refractivity contribution in [3.63, 3.8) is 0 Å². The van der Waals surface area contributed by atoms with Crippen molar-refractivity contribution in [2.75, 3.05) is 0 Å². The van der Waals surface area contributed by atoms with Crippen LogP contribution < -0.4 is 0 Å². The van der Waals surface area contributed by atoms with E-state index in [1.807, 2.05) is 36.4 Å². The molecule has 3 aromatic rings. The fourth-order valence-corrected chi connectivity index (χ4v) is 4.02. The third kappa shape index (κ3) is 5.78. The number of halogens is 4. The zero-order chi connectivity index (χ0) is 19.9. The quantitative estimate of drug-likeness (QED) is 0.198. The second-order valence-corrected chi connectivity index (χ2v) is 9.80. The molecule has 28 heavy (non-hydrogen) atoms. The topological polar surface area (TPSA) is 0 Å². The highest BCUT2D eigenvalue weighted by molar-refractivity contribution is 14.2. The van der Waals surface area contributed by atoms with Crippen molar-refractivity contribution in [3.05, 3.63) is 81.8 Å². The Bertz CT molecular complexity index is 1030. The fraction of sp³-hybridized carbons (Fsp3) is 0. The monoisotopic (exact) mass is 662 g/mol. The largest absolute Gasteiger partial charge is 0.0843 e. The summed E-state index contributed by atoms with van der Waals surface area (Å²) in [5, 5.41) is 7.43. The van der Waals surface area contributed by atoms with Crippen LogP contribution in [0.1, 0.15) is 11.1 Å². The van der Waals surface area contributed by atoms with Crippen molar-refractivity contribution >= 4 is 83.5 Å². The second kappa shape index (κ2) is 11.1. The Hall–Kier alpha value is -0.480. The number of benzene rings is 3. The minimum Gasteiger partial charge on any atom is -0.0843 e. The molecule has 0 heterocycles. The van der Waals surface area contributed by atoms with E-state index >= 15 is 0 Å². The van der Waals surface area contributed by atoms with Gasteiger partial charge in [0, 0.05) is 63.6 Å². The van der Waals surface area contributed by atoms with Gasteiger partial charge in [0.2, 0.25) is 0 Å². The summed E-state index contributed by atoms with van der Waals surface area (Å²) >= 11 is 16.6. The smallest absolute Gasteiger partial charge is 0.0418 e. The van der Waals surface area contributed by atoms with Gasteiger partial charge < -0.3 is 0 Å². The Morgan fingerprint density at radius 3 is 1.36 bits per heavy atom. The molecule has 0 saturated carbocycles. The Morgan fingerprint density at radius 1 is 0.607 bits per heavy atom.